The van der Waals surface area contributed by atoms with Crippen molar-refractivity contribution in [1.82, 2.24) is 4.90 Å². The molecule has 1 atom stereocenters. The largest absolute Gasteiger partial charge is 0.481 e. The lowest BCUT2D eigenvalue weighted by atomic mass is 9.99. The number of likely N-dealkylation sites (tertiary alicyclic amines) is 1. The van der Waals surface area contributed by atoms with Crippen LogP contribution >= 0.6 is 11.8 Å². The highest BCUT2D eigenvalue weighted by Crippen LogP contribution is 2.23. The minimum atomic E-state index is -0.828. The molecule has 1 N–H and O–H groups in total. The summed E-state index contributed by atoms with van der Waals surface area (Å²) in [7, 11) is 0. The van der Waals surface area contributed by atoms with E-state index in [9.17, 15) is 9.59 Å². The number of hydrogen-bond acceptors (Lipinski definition) is 3. The van der Waals surface area contributed by atoms with Gasteiger partial charge in [-0.15, -0.1) is 11.8 Å². The first kappa shape index (κ1) is 15.9. The second-order valence-electron chi connectivity index (χ2n) is 5.44. The Bertz CT molecular complexity index is 501. The SMILES string of the molecule is Cc1ccc(SCC(=O)N2CCCCC2CC(=O)O)cc1. The fraction of sp³-hybridized carbons (Fsp3) is 0.500. The molecule has 0 spiro atoms. The second-order valence-corrected chi connectivity index (χ2v) is 6.49. The normalized spacial score (nSPS) is 18.5. The predicted molar refractivity (Wildman–Crippen MR) is 83.5 cm³/mol. The summed E-state index contributed by atoms with van der Waals surface area (Å²) in [5.74, 6) is -0.406. The minimum absolute atomic E-state index is 0.0477. The van der Waals surface area contributed by atoms with E-state index in [1.807, 2.05) is 31.2 Å². The quantitative estimate of drug-likeness (QED) is 0.850. The van der Waals surface area contributed by atoms with E-state index < -0.39 is 5.97 Å². The van der Waals surface area contributed by atoms with Gasteiger partial charge in [-0.2, -0.15) is 0 Å². The average molecular weight is 307 g/mol. The molecule has 2 rings (SSSR count). The summed E-state index contributed by atoms with van der Waals surface area (Å²) in [5, 5.41) is 8.96. The Balaban J connectivity index is 1.91. The lowest BCUT2D eigenvalue weighted by Crippen LogP contribution is -2.45. The molecule has 5 heteroatoms. The third-order valence-electron chi connectivity index (χ3n) is 3.74. The minimum Gasteiger partial charge on any atom is -0.481 e. The summed E-state index contributed by atoms with van der Waals surface area (Å²) in [5.41, 5.74) is 1.20. The molecule has 0 aromatic heterocycles. The number of amides is 1. The topological polar surface area (TPSA) is 57.6 Å². The number of hydrogen-bond donors (Lipinski definition) is 1. The molecular formula is C16H21NO3S. The monoisotopic (exact) mass is 307 g/mol. The molecule has 1 aliphatic rings. The second kappa shape index (κ2) is 7.50. The highest BCUT2D eigenvalue weighted by molar-refractivity contribution is 8.00. The Morgan fingerprint density at radius 1 is 1.29 bits per heavy atom. The molecule has 0 aliphatic carbocycles. The summed E-state index contributed by atoms with van der Waals surface area (Å²) in [6.07, 6.45) is 2.83. The molecule has 1 saturated heterocycles. The number of carbonyl (C=O) groups excluding carboxylic acids is 1. The predicted octanol–water partition coefficient (Wildman–Crippen LogP) is 2.94. The lowest BCUT2D eigenvalue weighted by Gasteiger charge is -2.35. The lowest BCUT2D eigenvalue weighted by molar-refractivity contribution is -0.141. The zero-order chi connectivity index (χ0) is 15.2. The van der Waals surface area contributed by atoms with Crippen LogP contribution in [0.2, 0.25) is 0 Å². The van der Waals surface area contributed by atoms with Gasteiger partial charge in [0, 0.05) is 17.5 Å². The number of carboxylic acids is 1. The fourth-order valence-corrected chi connectivity index (χ4v) is 3.39. The van der Waals surface area contributed by atoms with E-state index in [0.29, 0.717) is 12.3 Å². The molecule has 1 heterocycles. The number of aryl methyl sites for hydroxylation is 1. The van der Waals surface area contributed by atoms with Crippen LogP contribution in [0, 0.1) is 6.92 Å². The van der Waals surface area contributed by atoms with Crippen LogP contribution in [0.25, 0.3) is 0 Å². The van der Waals surface area contributed by atoms with Gasteiger partial charge in [-0.05, 0) is 38.3 Å². The van der Waals surface area contributed by atoms with Crippen molar-refractivity contribution < 1.29 is 14.7 Å². The summed E-state index contributed by atoms with van der Waals surface area (Å²) >= 11 is 1.51. The van der Waals surface area contributed by atoms with Crippen molar-refractivity contribution in [1.29, 1.82) is 0 Å². The first-order valence-corrected chi connectivity index (χ1v) is 8.25. The Morgan fingerprint density at radius 3 is 2.67 bits per heavy atom. The van der Waals surface area contributed by atoms with Crippen LogP contribution < -0.4 is 0 Å². The van der Waals surface area contributed by atoms with Crippen LogP contribution in [0.1, 0.15) is 31.2 Å². The van der Waals surface area contributed by atoms with Gasteiger partial charge in [0.15, 0.2) is 0 Å². The van der Waals surface area contributed by atoms with Crippen LogP contribution in [0.5, 0.6) is 0 Å². The zero-order valence-electron chi connectivity index (χ0n) is 12.2. The van der Waals surface area contributed by atoms with Gasteiger partial charge in [0.1, 0.15) is 0 Å². The van der Waals surface area contributed by atoms with Gasteiger partial charge < -0.3 is 10.0 Å². The van der Waals surface area contributed by atoms with Gasteiger partial charge in [-0.3, -0.25) is 9.59 Å². The maximum Gasteiger partial charge on any atom is 0.305 e. The molecule has 1 aliphatic heterocycles. The van der Waals surface area contributed by atoms with Gasteiger partial charge in [0.05, 0.1) is 12.2 Å². The zero-order valence-corrected chi connectivity index (χ0v) is 13.1. The van der Waals surface area contributed by atoms with E-state index in [4.69, 9.17) is 5.11 Å². The number of thioether (sulfide) groups is 1. The maximum atomic E-state index is 12.3. The van der Waals surface area contributed by atoms with Crippen molar-refractivity contribution in [3.8, 4) is 0 Å². The third-order valence-corrected chi connectivity index (χ3v) is 4.74. The first-order valence-electron chi connectivity index (χ1n) is 7.27. The smallest absolute Gasteiger partial charge is 0.305 e. The van der Waals surface area contributed by atoms with E-state index in [1.54, 1.807) is 4.90 Å². The van der Waals surface area contributed by atoms with Crippen LogP contribution in [-0.2, 0) is 9.59 Å². The Labute approximate surface area is 129 Å². The molecule has 114 valence electrons. The number of carboxylic acid groups (broad SMARTS) is 1. The van der Waals surface area contributed by atoms with Crippen molar-refractivity contribution in [3.05, 3.63) is 29.8 Å². The van der Waals surface area contributed by atoms with E-state index in [2.05, 4.69) is 0 Å². The van der Waals surface area contributed by atoms with Gasteiger partial charge in [0.2, 0.25) is 5.91 Å². The van der Waals surface area contributed by atoms with Gasteiger partial charge in [-0.25, -0.2) is 0 Å². The van der Waals surface area contributed by atoms with E-state index in [1.165, 1.54) is 17.3 Å². The highest BCUT2D eigenvalue weighted by Gasteiger charge is 2.28. The van der Waals surface area contributed by atoms with Crippen molar-refractivity contribution in [2.75, 3.05) is 12.3 Å². The average Bonchev–Trinajstić information content (AvgIpc) is 2.46. The Hall–Kier alpha value is -1.49. The summed E-state index contributed by atoms with van der Waals surface area (Å²) < 4.78 is 0. The standard InChI is InChI=1S/C16H21NO3S/c1-12-5-7-14(8-6-12)21-11-15(18)17-9-3-2-4-13(17)10-16(19)20/h5-8,13H,2-4,9-11H2,1H3,(H,19,20). The molecule has 21 heavy (non-hydrogen) atoms. The molecule has 1 fully saturated rings. The number of aliphatic carboxylic acids is 1. The van der Waals surface area contributed by atoms with Crippen LogP contribution in [0.15, 0.2) is 29.2 Å². The molecule has 1 aromatic rings. The number of benzene rings is 1. The number of piperidine rings is 1. The highest BCUT2D eigenvalue weighted by atomic mass is 32.2. The van der Waals surface area contributed by atoms with Gasteiger partial charge >= 0.3 is 5.97 Å². The van der Waals surface area contributed by atoms with E-state index in [-0.39, 0.29) is 18.4 Å². The Kier molecular flexibility index (Phi) is 5.67. The third kappa shape index (κ3) is 4.77. The molecule has 1 unspecified atom stereocenters. The number of carbonyl (C=O) groups is 2. The maximum absolute atomic E-state index is 12.3. The molecule has 0 saturated carbocycles. The summed E-state index contributed by atoms with van der Waals surface area (Å²) in [6, 6.07) is 7.94. The Morgan fingerprint density at radius 2 is 2.00 bits per heavy atom. The van der Waals surface area contributed by atoms with Crippen molar-refractivity contribution in [2.24, 2.45) is 0 Å². The molecule has 1 amide bonds. The fourth-order valence-electron chi connectivity index (χ4n) is 2.61. The van der Waals surface area contributed by atoms with Gasteiger partial charge in [-0.1, -0.05) is 17.7 Å². The van der Waals surface area contributed by atoms with Crippen molar-refractivity contribution >= 4 is 23.6 Å². The molecule has 0 bridgehead atoms. The molecule has 1 aromatic carbocycles. The van der Waals surface area contributed by atoms with Crippen LogP contribution in [-0.4, -0.2) is 40.2 Å². The van der Waals surface area contributed by atoms with Crippen molar-refractivity contribution in [3.63, 3.8) is 0 Å². The molecule has 4 nitrogen and oxygen atoms in total. The van der Waals surface area contributed by atoms with E-state index >= 15 is 0 Å². The molecular weight excluding hydrogens is 286 g/mol. The summed E-state index contributed by atoms with van der Waals surface area (Å²) in [6.45, 7) is 2.72. The number of nitrogens with zero attached hydrogens (tertiary/aromatic N) is 1. The van der Waals surface area contributed by atoms with E-state index in [0.717, 1.165) is 24.2 Å². The van der Waals surface area contributed by atoms with Gasteiger partial charge in [0.25, 0.3) is 0 Å². The van der Waals surface area contributed by atoms with Crippen LogP contribution in [0.4, 0.5) is 0 Å². The number of rotatable bonds is 5. The summed E-state index contributed by atoms with van der Waals surface area (Å²) in [4.78, 5) is 26.1. The van der Waals surface area contributed by atoms with Crippen molar-refractivity contribution in [2.45, 2.75) is 43.5 Å². The molecule has 0 radical (unpaired) electrons. The first-order chi connectivity index (χ1) is 10.1. The van der Waals surface area contributed by atoms with Crippen LogP contribution in [0.3, 0.4) is 0 Å².